The first-order valence-corrected chi connectivity index (χ1v) is 10.2. The number of aryl methyl sites for hydroxylation is 2. The third-order valence-electron chi connectivity index (χ3n) is 4.18. The van der Waals surface area contributed by atoms with E-state index in [1.807, 2.05) is 26.8 Å². The van der Waals surface area contributed by atoms with Gasteiger partial charge in [0.2, 0.25) is 5.91 Å². The second-order valence-electron chi connectivity index (χ2n) is 5.94. The summed E-state index contributed by atoms with van der Waals surface area (Å²) in [4.78, 5) is 31.5. The van der Waals surface area contributed by atoms with Gasteiger partial charge in [-0.1, -0.05) is 17.8 Å². The number of hydrogen-bond donors (Lipinski definition) is 1. The molecule has 0 aliphatic carbocycles. The molecule has 1 aromatic carbocycles. The lowest BCUT2D eigenvalue weighted by Gasteiger charge is -2.10. The molecule has 1 amide bonds. The van der Waals surface area contributed by atoms with Crippen LogP contribution in [0.1, 0.15) is 22.9 Å². The van der Waals surface area contributed by atoms with Crippen molar-refractivity contribution in [2.75, 3.05) is 11.1 Å². The number of nitrogens with zero attached hydrogens (tertiary/aromatic N) is 3. The molecule has 27 heavy (non-hydrogen) atoms. The van der Waals surface area contributed by atoms with E-state index in [4.69, 9.17) is 5.26 Å². The Morgan fingerprint density at radius 2 is 2.19 bits per heavy atom. The molecule has 0 radical (unpaired) electrons. The lowest BCUT2D eigenvalue weighted by molar-refractivity contribution is -0.113. The van der Waals surface area contributed by atoms with E-state index >= 15 is 0 Å². The fraction of sp³-hybridized carbons (Fsp3) is 0.263. The van der Waals surface area contributed by atoms with Crippen molar-refractivity contribution in [1.29, 1.82) is 5.26 Å². The topological polar surface area (TPSA) is 87.8 Å². The standard InChI is InChI=1S/C19H18N4O2S2/c1-4-23-18(25)16-11(2)12(3)27-17(16)22-19(23)26-10-15(24)21-14-7-5-6-13(8-14)9-20/h5-8H,4,10H2,1-3H3,(H,21,24). The fourth-order valence-electron chi connectivity index (χ4n) is 2.69. The van der Waals surface area contributed by atoms with Crippen LogP contribution in [-0.2, 0) is 11.3 Å². The number of fused-ring (bicyclic) bond motifs is 1. The first-order chi connectivity index (χ1) is 12.9. The van der Waals surface area contributed by atoms with Crippen molar-refractivity contribution in [3.05, 3.63) is 50.6 Å². The Hall–Kier alpha value is -2.63. The number of amides is 1. The van der Waals surface area contributed by atoms with Crippen LogP contribution >= 0.6 is 23.1 Å². The van der Waals surface area contributed by atoms with Crippen LogP contribution in [0.3, 0.4) is 0 Å². The number of nitrogens with one attached hydrogen (secondary N) is 1. The second kappa shape index (κ2) is 7.94. The Morgan fingerprint density at radius 1 is 1.41 bits per heavy atom. The molecule has 2 heterocycles. The number of carbonyl (C=O) groups excluding carboxylic acids is 1. The third-order valence-corrected chi connectivity index (χ3v) is 6.26. The van der Waals surface area contributed by atoms with Crippen molar-refractivity contribution in [2.24, 2.45) is 0 Å². The maximum Gasteiger partial charge on any atom is 0.263 e. The Balaban J connectivity index is 1.81. The fourth-order valence-corrected chi connectivity index (χ4v) is 4.62. The van der Waals surface area contributed by atoms with E-state index in [0.717, 1.165) is 10.4 Å². The summed E-state index contributed by atoms with van der Waals surface area (Å²) >= 11 is 2.73. The average molecular weight is 399 g/mol. The van der Waals surface area contributed by atoms with Gasteiger partial charge in [-0.15, -0.1) is 11.3 Å². The summed E-state index contributed by atoms with van der Waals surface area (Å²) in [6.45, 7) is 6.30. The van der Waals surface area contributed by atoms with E-state index in [1.165, 1.54) is 23.1 Å². The van der Waals surface area contributed by atoms with Crippen LogP contribution in [0.2, 0.25) is 0 Å². The van der Waals surface area contributed by atoms with Crippen LogP contribution in [0.25, 0.3) is 10.2 Å². The van der Waals surface area contributed by atoms with E-state index in [2.05, 4.69) is 10.3 Å². The Morgan fingerprint density at radius 3 is 2.89 bits per heavy atom. The second-order valence-corrected chi connectivity index (χ2v) is 8.08. The highest BCUT2D eigenvalue weighted by atomic mass is 32.2. The van der Waals surface area contributed by atoms with E-state index in [-0.39, 0.29) is 17.2 Å². The summed E-state index contributed by atoms with van der Waals surface area (Å²) in [5.41, 5.74) is 1.96. The minimum Gasteiger partial charge on any atom is -0.325 e. The van der Waals surface area contributed by atoms with Gasteiger partial charge in [-0.25, -0.2) is 4.98 Å². The monoisotopic (exact) mass is 398 g/mol. The first kappa shape index (κ1) is 19.1. The Labute approximate surface area is 164 Å². The predicted molar refractivity (Wildman–Crippen MR) is 110 cm³/mol. The summed E-state index contributed by atoms with van der Waals surface area (Å²) in [6, 6.07) is 8.78. The number of carbonyl (C=O) groups is 1. The zero-order chi connectivity index (χ0) is 19.6. The predicted octanol–water partition coefficient (Wildman–Crippen LogP) is 3.70. The Bertz CT molecular complexity index is 1130. The largest absolute Gasteiger partial charge is 0.325 e. The van der Waals surface area contributed by atoms with Crippen LogP contribution < -0.4 is 10.9 Å². The summed E-state index contributed by atoms with van der Waals surface area (Å²) in [5, 5.41) is 12.9. The highest BCUT2D eigenvalue weighted by Gasteiger charge is 2.17. The molecule has 0 bridgehead atoms. The van der Waals surface area contributed by atoms with Gasteiger partial charge in [0.15, 0.2) is 5.16 Å². The van der Waals surface area contributed by atoms with Crippen LogP contribution in [0.4, 0.5) is 5.69 Å². The maximum absolute atomic E-state index is 12.8. The Kier molecular flexibility index (Phi) is 5.63. The van der Waals surface area contributed by atoms with E-state index in [9.17, 15) is 9.59 Å². The molecule has 0 aliphatic rings. The lowest BCUT2D eigenvalue weighted by atomic mass is 10.2. The molecule has 1 N–H and O–H groups in total. The van der Waals surface area contributed by atoms with Crippen molar-refractivity contribution in [2.45, 2.75) is 32.5 Å². The van der Waals surface area contributed by atoms with Gasteiger partial charge in [0.25, 0.3) is 5.56 Å². The molecule has 0 aliphatic heterocycles. The normalized spacial score (nSPS) is 10.7. The molecule has 6 nitrogen and oxygen atoms in total. The van der Waals surface area contributed by atoms with Crippen LogP contribution in [0, 0.1) is 25.2 Å². The van der Waals surface area contributed by atoms with Gasteiger partial charge in [0.05, 0.1) is 22.8 Å². The van der Waals surface area contributed by atoms with E-state index < -0.39 is 0 Å². The number of thiophene rings is 1. The van der Waals surface area contributed by atoms with Crippen LogP contribution in [0.15, 0.2) is 34.2 Å². The molecular formula is C19H18N4O2S2. The number of rotatable bonds is 5. The highest BCUT2D eigenvalue weighted by Crippen LogP contribution is 2.28. The number of aromatic nitrogens is 2. The quantitative estimate of drug-likeness (QED) is 0.523. The summed E-state index contributed by atoms with van der Waals surface area (Å²) in [6.07, 6.45) is 0. The zero-order valence-corrected chi connectivity index (χ0v) is 16.8. The number of thioether (sulfide) groups is 1. The van der Waals surface area contributed by atoms with Crippen molar-refractivity contribution in [3.63, 3.8) is 0 Å². The number of anilines is 1. The van der Waals surface area contributed by atoms with E-state index in [0.29, 0.717) is 33.2 Å². The molecule has 0 unspecified atom stereocenters. The molecule has 0 atom stereocenters. The van der Waals surface area contributed by atoms with Gasteiger partial charge >= 0.3 is 0 Å². The molecular weight excluding hydrogens is 380 g/mol. The molecule has 3 rings (SSSR count). The molecule has 0 saturated heterocycles. The van der Waals surface area contributed by atoms with Crippen LogP contribution in [-0.4, -0.2) is 21.2 Å². The maximum atomic E-state index is 12.8. The summed E-state index contributed by atoms with van der Waals surface area (Å²) in [7, 11) is 0. The van der Waals surface area contributed by atoms with Gasteiger partial charge in [0.1, 0.15) is 4.83 Å². The summed E-state index contributed by atoms with van der Waals surface area (Å²) < 4.78 is 1.61. The molecule has 3 aromatic rings. The molecule has 0 fully saturated rings. The number of benzene rings is 1. The van der Waals surface area contributed by atoms with E-state index in [1.54, 1.807) is 28.8 Å². The van der Waals surface area contributed by atoms with Crippen molar-refractivity contribution in [1.82, 2.24) is 9.55 Å². The lowest BCUT2D eigenvalue weighted by Crippen LogP contribution is -2.23. The number of nitriles is 1. The molecule has 8 heteroatoms. The molecule has 0 saturated carbocycles. The minimum absolute atomic E-state index is 0.0611. The van der Waals surface area contributed by atoms with Crippen molar-refractivity contribution >= 4 is 44.9 Å². The van der Waals surface area contributed by atoms with Gasteiger partial charge in [-0.05, 0) is 44.5 Å². The third kappa shape index (κ3) is 3.89. The molecule has 0 spiro atoms. The van der Waals surface area contributed by atoms with Crippen molar-refractivity contribution < 1.29 is 4.79 Å². The van der Waals surface area contributed by atoms with Gasteiger partial charge in [0, 0.05) is 17.1 Å². The van der Waals surface area contributed by atoms with Gasteiger partial charge < -0.3 is 5.32 Å². The molecule has 2 aromatic heterocycles. The first-order valence-electron chi connectivity index (χ1n) is 8.38. The van der Waals surface area contributed by atoms with Gasteiger partial charge in [-0.2, -0.15) is 5.26 Å². The minimum atomic E-state index is -0.217. The van der Waals surface area contributed by atoms with Crippen molar-refractivity contribution in [3.8, 4) is 6.07 Å². The summed E-state index contributed by atoms with van der Waals surface area (Å²) in [5.74, 6) is -0.0939. The number of hydrogen-bond acceptors (Lipinski definition) is 6. The average Bonchev–Trinajstić information content (AvgIpc) is 2.94. The smallest absolute Gasteiger partial charge is 0.263 e. The van der Waals surface area contributed by atoms with Gasteiger partial charge in [-0.3, -0.25) is 14.2 Å². The zero-order valence-electron chi connectivity index (χ0n) is 15.2. The highest BCUT2D eigenvalue weighted by molar-refractivity contribution is 7.99. The molecule has 138 valence electrons. The SMILES string of the molecule is CCn1c(SCC(=O)Nc2cccc(C#N)c2)nc2sc(C)c(C)c2c1=O. The van der Waals surface area contributed by atoms with Crippen LogP contribution in [0.5, 0.6) is 0 Å².